The number of hydrogen-bond acceptors (Lipinski definition) is 4. The second kappa shape index (κ2) is 7.09. The van der Waals surface area contributed by atoms with Crippen molar-refractivity contribution in [1.82, 2.24) is 0 Å². The standard InChI is InChI=1S/C18H18O2S2/c19-16(14-8-3-1-4-9-14)18(21-12-7-13-22-18)17(20)15-10-5-2-6-11-15/h1-6,8-11,16-17H,7,12-13H2/q-2. The van der Waals surface area contributed by atoms with E-state index in [-0.39, 0.29) is 0 Å². The number of rotatable bonds is 4. The Morgan fingerprint density at radius 3 is 1.55 bits per heavy atom. The van der Waals surface area contributed by atoms with E-state index in [1.54, 1.807) is 23.5 Å². The molecule has 4 heteroatoms. The van der Waals surface area contributed by atoms with Crippen molar-refractivity contribution in [2.45, 2.75) is 22.7 Å². The number of thioether (sulfide) groups is 2. The van der Waals surface area contributed by atoms with Gasteiger partial charge < -0.3 is 10.2 Å². The molecule has 0 spiro atoms. The predicted molar refractivity (Wildman–Crippen MR) is 90.6 cm³/mol. The average Bonchev–Trinajstić information content (AvgIpc) is 2.62. The molecular weight excluding hydrogens is 312 g/mol. The van der Waals surface area contributed by atoms with Crippen molar-refractivity contribution in [2.24, 2.45) is 0 Å². The maximum absolute atomic E-state index is 13.2. The summed E-state index contributed by atoms with van der Waals surface area (Å²) in [5.74, 6) is 1.76. The maximum atomic E-state index is 13.2. The van der Waals surface area contributed by atoms with Crippen LogP contribution in [0.15, 0.2) is 60.7 Å². The van der Waals surface area contributed by atoms with Crippen LogP contribution in [0.1, 0.15) is 29.8 Å². The van der Waals surface area contributed by atoms with Crippen LogP contribution in [0.2, 0.25) is 0 Å². The van der Waals surface area contributed by atoms with Crippen molar-refractivity contribution in [3.63, 3.8) is 0 Å². The topological polar surface area (TPSA) is 46.1 Å². The van der Waals surface area contributed by atoms with Crippen molar-refractivity contribution in [2.75, 3.05) is 11.5 Å². The average molecular weight is 330 g/mol. The van der Waals surface area contributed by atoms with Crippen LogP contribution in [-0.2, 0) is 0 Å². The van der Waals surface area contributed by atoms with Gasteiger partial charge in [0.25, 0.3) is 0 Å². The van der Waals surface area contributed by atoms with Crippen molar-refractivity contribution in [1.29, 1.82) is 0 Å². The fourth-order valence-electron chi connectivity index (χ4n) is 2.72. The summed E-state index contributed by atoms with van der Waals surface area (Å²) in [6.07, 6.45) is -0.987. The van der Waals surface area contributed by atoms with E-state index in [9.17, 15) is 10.2 Å². The molecule has 2 nitrogen and oxygen atoms in total. The molecule has 3 rings (SSSR count). The summed E-state index contributed by atoms with van der Waals surface area (Å²) in [5.41, 5.74) is 1.42. The van der Waals surface area contributed by atoms with Gasteiger partial charge in [0.2, 0.25) is 0 Å². The lowest BCUT2D eigenvalue weighted by molar-refractivity contribution is -0.475. The number of benzene rings is 2. The molecule has 0 bridgehead atoms. The van der Waals surface area contributed by atoms with Crippen LogP contribution in [-0.4, -0.2) is 15.6 Å². The van der Waals surface area contributed by atoms with Gasteiger partial charge in [-0.1, -0.05) is 84.0 Å². The summed E-state index contributed by atoms with van der Waals surface area (Å²) in [7, 11) is 0. The Hall–Kier alpha value is -0.940. The van der Waals surface area contributed by atoms with Gasteiger partial charge in [0.05, 0.1) is 0 Å². The van der Waals surface area contributed by atoms with E-state index >= 15 is 0 Å². The van der Waals surface area contributed by atoms with Crippen LogP contribution in [0.3, 0.4) is 0 Å². The highest BCUT2D eigenvalue weighted by atomic mass is 32.2. The second-order valence-electron chi connectivity index (χ2n) is 5.35. The molecule has 2 unspecified atom stereocenters. The van der Waals surface area contributed by atoms with E-state index in [0.29, 0.717) is 11.1 Å². The van der Waals surface area contributed by atoms with Crippen molar-refractivity contribution >= 4 is 23.5 Å². The Balaban J connectivity index is 1.98. The predicted octanol–water partition coefficient (Wildman–Crippen LogP) is 2.76. The molecule has 22 heavy (non-hydrogen) atoms. The highest BCUT2D eigenvalue weighted by Crippen LogP contribution is 2.55. The minimum Gasteiger partial charge on any atom is -0.847 e. The molecule has 1 aliphatic rings. The third kappa shape index (κ3) is 3.06. The van der Waals surface area contributed by atoms with Crippen molar-refractivity contribution in [3.05, 3.63) is 71.8 Å². The lowest BCUT2D eigenvalue weighted by Crippen LogP contribution is -2.49. The Morgan fingerprint density at radius 1 is 0.727 bits per heavy atom. The van der Waals surface area contributed by atoms with Crippen LogP contribution in [0.5, 0.6) is 0 Å². The molecule has 2 aromatic carbocycles. The fraction of sp³-hybridized carbons (Fsp3) is 0.333. The third-order valence-corrected chi connectivity index (χ3v) is 7.33. The van der Waals surface area contributed by atoms with Gasteiger partial charge in [0.15, 0.2) is 0 Å². The van der Waals surface area contributed by atoms with Crippen LogP contribution in [0.4, 0.5) is 0 Å². The molecular formula is C18H18O2S2-2. The van der Waals surface area contributed by atoms with E-state index in [1.165, 1.54) is 0 Å². The molecule has 0 saturated carbocycles. The van der Waals surface area contributed by atoms with Gasteiger partial charge in [-0.25, -0.2) is 0 Å². The summed E-state index contributed by atoms with van der Waals surface area (Å²) in [4.78, 5) is 0. The molecule has 1 heterocycles. The van der Waals surface area contributed by atoms with Gasteiger partial charge in [-0.15, -0.1) is 23.5 Å². The first-order valence-electron chi connectivity index (χ1n) is 7.43. The van der Waals surface area contributed by atoms with Gasteiger partial charge in [-0.2, -0.15) is 0 Å². The minimum absolute atomic E-state index is 0.709. The highest BCUT2D eigenvalue weighted by Gasteiger charge is 2.38. The van der Waals surface area contributed by atoms with Crippen LogP contribution < -0.4 is 10.2 Å². The molecule has 116 valence electrons. The molecule has 0 amide bonds. The van der Waals surface area contributed by atoms with E-state index < -0.39 is 16.3 Å². The lowest BCUT2D eigenvalue weighted by Gasteiger charge is -2.54. The molecule has 0 N–H and O–H groups in total. The minimum atomic E-state index is -1.02. The first kappa shape index (κ1) is 15.9. The Labute approximate surface area is 140 Å². The Morgan fingerprint density at radius 2 is 1.14 bits per heavy atom. The normalized spacial score (nSPS) is 20.3. The van der Waals surface area contributed by atoms with Gasteiger partial charge in [-0.05, 0) is 17.9 Å². The fourth-order valence-corrected chi connectivity index (χ4v) is 6.11. The van der Waals surface area contributed by atoms with Crippen molar-refractivity contribution in [3.8, 4) is 0 Å². The summed E-state index contributed by atoms with van der Waals surface area (Å²) in [6, 6.07) is 18.6. The molecule has 0 radical (unpaired) electrons. The van der Waals surface area contributed by atoms with E-state index in [4.69, 9.17) is 0 Å². The maximum Gasteiger partial charge on any atom is 0.0443 e. The van der Waals surface area contributed by atoms with Gasteiger partial charge >= 0.3 is 0 Å². The van der Waals surface area contributed by atoms with Crippen molar-refractivity contribution < 1.29 is 10.2 Å². The summed E-state index contributed by atoms with van der Waals surface area (Å²) >= 11 is 3.11. The van der Waals surface area contributed by atoms with Crippen LogP contribution in [0, 0.1) is 0 Å². The van der Waals surface area contributed by atoms with E-state index in [2.05, 4.69) is 0 Å². The quantitative estimate of drug-likeness (QED) is 0.865. The molecule has 1 aliphatic heterocycles. The summed E-state index contributed by atoms with van der Waals surface area (Å²) in [5, 5.41) is 26.4. The van der Waals surface area contributed by atoms with Gasteiger partial charge in [0.1, 0.15) is 0 Å². The zero-order valence-electron chi connectivity index (χ0n) is 12.2. The summed E-state index contributed by atoms with van der Waals surface area (Å²) in [6.45, 7) is 0. The molecule has 2 aromatic rings. The monoisotopic (exact) mass is 330 g/mol. The molecule has 1 saturated heterocycles. The molecule has 0 aromatic heterocycles. The van der Waals surface area contributed by atoms with Gasteiger partial charge in [0, 0.05) is 4.08 Å². The SMILES string of the molecule is [O-]C(c1ccccc1)C1(C([O-])c2ccccc2)SCCCS1. The Bertz CT molecular complexity index is 535. The summed E-state index contributed by atoms with van der Waals surface area (Å²) < 4.78 is -0.874. The zero-order chi connectivity index (χ0) is 15.4. The Kier molecular flexibility index (Phi) is 5.14. The molecule has 1 fully saturated rings. The lowest BCUT2D eigenvalue weighted by atomic mass is 9.97. The first-order chi connectivity index (χ1) is 10.7. The number of hydrogen-bond donors (Lipinski definition) is 0. The van der Waals surface area contributed by atoms with Crippen LogP contribution >= 0.6 is 23.5 Å². The van der Waals surface area contributed by atoms with Gasteiger partial charge in [-0.3, -0.25) is 0 Å². The highest BCUT2D eigenvalue weighted by molar-refractivity contribution is 8.18. The first-order valence-corrected chi connectivity index (χ1v) is 9.40. The largest absolute Gasteiger partial charge is 0.847 e. The second-order valence-corrected chi connectivity index (χ2v) is 8.36. The van der Waals surface area contributed by atoms with E-state index in [1.807, 2.05) is 60.7 Å². The zero-order valence-corrected chi connectivity index (χ0v) is 13.8. The molecule has 2 atom stereocenters. The third-order valence-electron chi connectivity index (χ3n) is 3.88. The van der Waals surface area contributed by atoms with Crippen LogP contribution in [0.25, 0.3) is 0 Å². The smallest absolute Gasteiger partial charge is 0.0443 e. The van der Waals surface area contributed by atoms with E-state index in [0.717, 1.165) is 17.9 Å². The molecule has 0 aliphatic carbocycles.